The fraction of sp³-hybridized carbons (Fsp3) is 0.286. The Morgan fingerprint density at radius 2 is 2.00 bits per heavy atom. The number of benzene rings is 1. The molecule has 20 heavy (non-hydrogen) atoms. The van der Waals surface area contributed by atoms with Gasteiger partial charge in [-0.15, -0.1) is 0 Å². The zero-order chi connectivity index (χ0) is 15.3. The summed E-state index contributed by atoms with van der Waals surface area (Å²) in [5.41, 5.74) is -0.469. The van der Waals surface area contributed by atoms with Crippen LogP contribution in [0.15, 0.2) is 28.7 Å². The molecule has 0 aromatic heterocycles. The summed E-state index contributed by atoms with van der Waals surface area (Å²) in [6.07, 6.45) is 2.40. The number of halogens is 1. The topological polar surface area (TPSA) is 83.8 Å². The van der Waals surface area contributed by atoms with Gasteiger partial charge in [-0.05, 0) is 38.1 Å². The second kappa shape index (κ2) is 6.56. The molecule has 0 aliphatic heterocycles. The Labute approximate surface area is 125 Å². The lowest BCUT2D eigenvalue weighted by Crippen LogP contribution is -2.30. The van der Waals surface area contributed by atoms with Gasteiger partial charge in [0.2, 0.25) is 0 Å². The first-order valence-electron chi connectivity index (χ1n) is 5.79. The van der Waals surface area contributed by atoms with Gasteiger partial charge in [0.25, 0.3) is 0 Å². The van der Waals surface area contributed by atoms with Crippen molar-refractivity contribution in [2.75, 3.05) is 6.61 Å². The number of carbonyl (C=O) groups is 2. The van der Waals surface area contributed by atoms with Gasteiger partial charge < -0.3 is 14.9 Å². The minimum absolute atomic E-state index is 0.0160. The Kier molecular flexibility index (Phi) is 5.33. The summed E-state index contributed by atoms with van der Waals surface area (Å²) in [7, 11) is 0. The summed E-state index contributed by atoms with van der Waals surface area (Å²) in [6, 6.07) is 5.09. The minimum Gasteiger partial charge on any atom is -0.492 e. The Hall–Kier alpha value is -1.82. The molecule has 0 heterocycles. The van der Waals surface area contributed by atoms with Crippen LogP contribution in [0, 0.1) is 5.41 Å². The van der Waals surface area contributed by atoms with Crippen LogP contribution < -0.4 is 4.74 Å². The maximum Gasteiger partial charge on any atom is 0.328 e. The molecular weight excluding hydrogens is 328 g/mol. The molecule has 1 aromatic carbocycles. The molecule has 0 radical (unpaired) electrons. The fourth-order valence-electron chi connectivity index (χ4n) is 1.26. The van der Waals surface area contributed by atoms with E-state index in [0.29, 0.717) is 11.3 Å². The van der Waals surface area contributed by atoms with E-state index in [1.807, 2.05) is 0 Å². The molecule has 0 bridgehead atoms. The average Bonchev–Trinajstić information content (AvgIpc) is 2.34. The van der Waals surface area contributed by atoms with Crippen molar-refractivity contribution in [1.82, 2.24) is 0 Å². The van der Waals surface area contributed by atoms with Gasteiger partial charge in [-0.1, -0.05) is 15.9 Å². The third-order valence-electron chi connectivity index (χ3n) is 2.54. The van der Waals surface area contributed by atoms with E-state index in [1.54, 1.807) is 32.0 Å². The summed E-state index contributed by atoms with van der Waals surface area (Å²) >= 11 is 3.29. The molecule has 5 nitrogen and oxygen atoms in total. The van der Waals surface area contributed by atoms with E-state index in [4.69, 9.17) is 14.9 Å². The van der Waals surface area contributed by atoms with Crippen LogP contribution in [-0.2, 0) is 9.59 Å². The van der Waals surface area contributed by atoms with Crippen LogP contribution in [0.1, 0.15) is 19.4 Å². The van der Waals surface area contributed by atoms with Crippen molar-refractivity contribution in [3.8, 4) is 5.75 Å². The van der Waals surface area contributed by atoms with E-state index in [-0.39, 0.29) is 6.61 Å². The van der Waals surface area contributed by atoms with Gasteiger partial charge in [0.05, 0.1) is 5.41 Å². The molecule has 0 aliphatic carbocycles. The highest BCUT2D eigenvalue weighted by Crippen LogP contribution is 2.26. The molecule has 1 aromatic rings. The second-order valence-electron chi connectivity index (χ2n) is 4.83. The van der Waals surface area contributed by atoms with Gasteiger partial charge in [0.15, 0.2) is 0 Å². The molecule has 108 valence electrons. The normalized spacial score (nSPS) is 11.6. The fourth-order valence-corrected chi connectivity index (χ4v) is 1.64. The molecule has 6 heteroatoms. The van der Waals surface area contributed by atoms with Gasteiger partial charge in [-0.3, -0.25) is 4.79 Å². The zero-order valence-electron chi connectivity index (χ0n) is 11.1. The summed E-state index contributed by atoms with van der Waals surface area (Å²) in [4.78, 5) is 21.6. The Morgan fingerprint density at radius 3 is 2.55 bits per heavy atom. The second-order valence-corrected chi connectivity index (χ2v) is 5.75. The van der Waals surface area contributed by atoms with Crippen LogP contribution in [0.25, 0.3) is 6.08 Å². The SMILES string of the molecule is CC(C)(COc1ccc(Br)cc1C=CC(=O)O)C(=O)O. The molecule has 0 amide bonds. The lowest BCUT2D eigenvalue weighted by molar-refractivity contribution is -0.148. The first kappa shape index (κ1) is 16.2. The van der Waals surface area contributed by atoms with Crippen LogP contribution in [0.5, 0.6) is 5.75 Å². The molecule has 0 fully saturated rings. The molecule has 1 rings (SSSR count). The maximum absolute atomic E-state index is 11.0. The lowest BCUT2D eigenvalue weighted by atomic mass is 9.95. The zero-order valence-corrected chi connectivity index (χ0v) is 12.7. The minimum atomic E-state index is -1.07. The largest absolute Gasteiger partial charge is 0.492 e. The van der Waals surface area contributed by atoms with Crippen molar-refractivity contribution in [2.24, 2.45) is 5.41 Å². The van der Waals surface area contributed by atoms with Gasteiger partial charge in [0.1, 0.15) is 12.4 Å². The standard InChI is InChI=1S/C14H15BrO5/c1-14(2,13(18)19)8-20-11-5-4-10(15)7-9(11)3-6-12(16)17/h3-7H,8H2,1-2H3,(H,16,17)(H,18,19). The molecule has 0 atom stereocenters. The summed E-state index contributed by atoms with van der Waals surface area (Å²) in [5, 5.41) is 17.7. The predicted molar refractivity (Wildman–Crippen MR) is 77.7 cm³/mol. The van der Waals surface area contributed by atoms with E-state index >= 15 is 0 Å². The molecule has 0 spiro atoms. The summed E-state index contributed by atoms with van der Waals surface area (Å²) in [5.74, 6) is -1.60. The van der Waals surface area contributed by atoms with E-state index in [1.165, 1.54) is 6.08 Å². The highest BCUT2D eigenvalue weighted by molar-refractivity contribution is 9.10. The van der Waals surface area contributed by atoms with E-state index in [0.717, 1.165) is 10.5 Å². The summed E-state index contributed by atoms with van der Waals surface area (Å²) in [6.45, 7) is 3.10. The smallest absolute Gasteiger partial charge is 0.328 e. The monoisotopic (exact) mass is 342 g/mol. The first-order valence-corrected chi connectivity index (χ1v) is 6.58. The Balaban J connectivity index is 2.95. The number of hydrogen-bond donors (Lipinski definition) is 2. The van der Waals surface area contributed by atoms with Crippen molar-refractivity contribution in [2.45, 2.75) is 13.8 Å². The van der Waals surface area contributed by atoms with Gasteiger partial charge in [0, 0.05) is 16.1 Å². The highest BCUT2D eigenvalue weighted by Gasteiger charge is 2.28. The van der Waals surface area contributed by atoms with E-state index < -0.39 is 17.4 Å². The number of hydrogen-bond acceptors (Lipinski definition) is 3. The third kappa shape index (κ3) is 4.70. The number of rotatable bonds is 6. The van der Waals surface area contributed by atoms with Gasteiger partial charge in [-0.2, -0.15) is 0 Å². The Morgan fingerprint density at radius 1 is 1.35 bits per heavy atom. The van der Waals surface area contributed by atoms with Crippen LogP contribution in [0.3, 0.4) is 0 Å². The predicted octanol–water partition coefficient (Wildman–Crippen LogP) is 3.04. The van der Waals surface area contributed by atoms with Crippen molar-refractivity contribution in [3.05, 3.63) is 34.3 Å². The van der Waals surface area contributed by atoms with E-state index in [9.17, 15) is 9.59 Å². The van der Waals surface area contributed by atoms with Crippen molar-refractivity contribution >= 4 is 33.9 Å². The van der Waals surface area contributed by atoms with Gasteiger partial charge >= 0.3 is 11.9 Å². The number of ether oxygens (including phenoxy) is 1. The lowest BCUT2D eigenvalue weighted by Gasteiger charge is -2.20. The van der Waals surface area contributed by atoms with Crippen LogP contribution >= 0.6 is 15.9 Å². The number of aliphatic carboxylic acids is 2. The average molecular weight is 343 g/mol. The number of carboxylic acid groups (broad SMARTS) is 2. The highest BCUT2D eigenvalue weighted by atomic mass is 79.9. The van der Waals surface area contributed by atoms with Crippen molar-refractivity contribution < 1.29 is 24.5 Å². The van der Waals surface area contributed by atoms with Crippen molar-refractivity contribution in [1.29, 1.82) is 0 Å². The first-order chi connectivity index (χ1) is 9.22. The molecule has 2 N–H and O–H groups in total. The number of carboxylic acids is 2. The third-order valence-corrected chi connectivity index (χ3v) is 3.04. The van der Waals surface area contributed by atoms with Gasteiger partial charge in [-0.25, -0.2) is 4.79 Å². The quantitative estimate of drug-likeness (QED) is 0.776. The molecule has 0 saturated carbocycles. The van der Waals surface area contributed by atoms with E-state index in [2.05, 4.69) is 15.9 Å². The maximum atomic E-state index is 11.0. The molecule has 0 aliphatic rings. The van der Waals surface area contributed by atoms with Crippen LogP contribution in [0.4, 0.5) is 0 Å². The molecule has 0 saturated heterocycles. The van der Waals surface area contributed by atoms with Crippen LogP contribution in [0.2, 0.25) is 0 Å². The van der Waals surface area contributed by atoms with Crippen molar-refractivity contribution in [3.63, 3.8) is 0 Å². The van der Waals surface area contributed by atoms with Crippen LogP contribution in [-0.4, -0.2) is 28.8 Å². The Bertz CT molecular complexity index is 548. The molecular formula is C14H15BrO5. The summed E-state index contributed by atoms with van der Waals surface area (Å²) < 4.78 is 6.28. The molecule has 0 unspecified atom stereocenters.